The molecule has 0 radical (unpaired) electrons. The molecule has 31 heavy (non-hydrogen) atoms. The SMILES string of the molecule is CC(C)(CCC(O)CCCC(O)CCC(C)(C)Cc1conc1O)Cc1conc1O. The molecule has 8 heteroatoms. The molecule has 2 atom stereocenters. The molecule has 0 aliphatic rings. The summed E-state index contributed by atoms with van der Waals surface area (Å²) in [6.45, 7) is 8.38. The van der Waals surface area contributed by atoms with Gasteiger partial charge in [0.1, 0.15) is 12.5 Å². The van der Waals surface area contributed by atoms with Gasteiger partial charge in [0.05, 0.1) is 23.3 Å². The Bertz CT molecular complexity index is 718. The van der Waals surface area contributed by atoms with Crippen LogP contribution >= 0.6 is 0 Å². The van der Waals surface area contributed by atoms with Gasteiger partial charge in [-0.3, -0.25) is 0 Å². The summed E-state index contributed by atoms with van der Waals surface area (Å²) in [7, 11) is 0. The summed E-state index contributed by atoms with van der Waals surface area (Å²) >= 11 is 0. The first-order valence-electron chi connectivity index (χ1n) is 11.1. The van der Waals surface area contributed by atoms with Crippen LogP contribution in [-0.4, -0.2) is 42.9 Å². The molecule has 0 spiro atoms. The van der Waals surface area contributed by atoms with Gasteiger partial charge >= 0.3 is 0 Å². The van der Waals surface area contributed by atoms with E-state index >= 15 is 0 Å². The van der Waals surface area contributed by atoms with E-state index in [1.165, 1.54) is 12.5 Å². The van der Waals surface area contributed by atoms with Gasteiger partial charge in [-0.2, -0.15) is 0 Å². The summed E-state index contributed by atoms with van der Waals surface area (Å²) < 4.78 is 9.55. The summed E-state index contributed by atoms with van der Waals surface area (Å²) in [5.41, 5.74) is 1.19. The standard InChI is InChI=1S/C23H38N2O6/c1-22(2,12-16-14-30-24-20(16)28)10-8-18(26)6-5-7-19(27)9-11-23(3,4)13-17-15-31-25-21(17)29/h14-15,18-19,26-27H,5-13H2,1-4H3,(H,24,28)(H,25,29). The first-order chi connectivity index (χ1) is 14.5. The summed E-state index contributed by atoms with van der Waals surface area (Å²) in [4.78, 5) is 0. The van der Waals surface area contributed by atoms with Crippen molar-refractivity contribution >= 4 is 0 Å². The fraction of sp³-hybridized carbons (Fsp3) is 0.739. The Morgan fingerprint density at radius 2 is 1.13 bits per heavy atom. The molecule has 2 aromatic heterocycles. The average molecular weight is 439 g/mol. The van der Waals surface area contributed by atoms with E-state index in [4.69, 9.17) is 9.05 Å². The third kappa shape index (κ3) is 8.91. The minimum absolute atomic E-state index is 0.0657. The van der Waals surface area contributed by atoms with E-state index in [2.05, 4.69) is 38.0 Å². The third-order valence-electron chi connectivity index (χ3n) is 5.96. The van der Waals surface area contributed by atoms with Crippen molar-refractivity contribution in [2.45, 2.75) is 97.7 Å². The maximum Gasteiger partial charge on any atom is 0.254 e. The molecular formula is C23H38N2O6. The van der Waals surface area contributed by atoms with Crippen LogP contribution in [0.25, 0.3) is 0 Å². The zero-order chi connectivity index (χ0) is 23.1. The number of nitrogens with zero attached hydrogens (tertiary/aromatic N) is 2. The van der Waals surface area contributed by atoms with Gasteiger partial charge in [-0.15, -0.1) is 0 Å². The number of aliphatic hydroxyl groups excluding tert-OH is 2. The van der Waals surface area contributed by atoms with Crippen LogP contribution in [-0.2, 0) is 12.8 Å². The molecule has 0 saturated carbocycles. The van der Waals surface area contributed by atoms with Crippen LogP contribution in [0.2, 0.25) is 0 Å². The van der Waals surface area contributed by atoms with E-state index in [0.717, 1.165) is 19.3 Å². The molecule has 4 N–H and O–H groups in total. The molecule has 8 nitrogen and oxygen atoms in total. The Kier molecular flexibility index (Phi) is 8.94. The normalized spacial score (nSPS) is 14.6. The summed E-state index contributed by atoms with van der Waals surface area (Å²) in [5.74, 6) is -0.131. The largest absolute Gasteiger partial charge is 0.491 e. The fourth-order valence-electron chi connectivity index (χ4n) is 3.94. The number of rotatable bonds is 14. The van der Waals surface area contributed by atoms with Crippen molar-refractivity contribution in [3.05, 3.63) is 23.7 Å². The van der Waals surface area contributed by atoms with Gasteiger partial charge < -0.3 is 29.5 Å². The number of hydrogen-bond acceptors (Lipinski definition) is 8. The van der Waals surface area contributed by atoms with Crippen LogP contribution in [0.4, 0.5) is 0 Å². The van der Waals surface area contributed by atoms with Crippen LogP contribution in [0.5, 0.6) is 11.8 Å². The fourth-order valence-corrected chi connectivity index (χ4v) is 3.94. The highest BCUT2D eigenvalue weighted by Crippen LogP contribution is 2.33. The van der Waals surface area contributed by atoms with Crippen LogP contribution in [0, 0.1) is 10.8 Å². The molecule has 0 aliphatic carbocycles. The van der Waals surface area contributed by atoms with Gasteiger partial charge in [0.2, 0.25) is 0 Å². The van der Waals surface area contributed by atoms with Gasteiger partial charge in [-0.1, -0.05) is 27.7 Å². The van der Waals surface area contributed by atoms with Crippen LogP contribution in [0.15, 0.2) is 21.6 Å². The number of aromatic nitrogens is 2. The van der Waals surface area contributed by atoms with Crippen molar-refractivity contribution in [3.63, 3.8) is 0 Å². The minimum atomic E-state index is -0.407. The zero-order valence-corrected chi connectivity index (χ0v) is 19.2. The Morgan fingerprint density at radius 3 is 1.45 bits per heavy atom. The third-order valence-corrected chi connectivity index (χ3v) is 5.96. The number of aromatic hydroxyl groups is 2. The highest BCUT2D eigenvalue weighted by Gasteiger charge is 2.24. The Labute approximate surface area is 184 Å². The predicted molar refractivity (Wildman–Crippen MR) is 116 cm³/mol. The molecule has 2 heterocycles. The second-order valence-corrected chi connectivity index (χ2v) is 10.3. The molecule has 176 valence electrons. The number of aliphatic hydroxyl groups is 2. The van der Waals surface area contributed by atoms with E-state index in [1.54, 1.807) is 0 Å². The van der Waals surface area contributed by atoms with Crippen molar-refractivity contribution < 1.29 is 29.5 Å². The summed E-state index contributed by atoms with van der Waals surface area (Å²) in [6, 6.07) is 0. The summed E-state index contributed by atoms with van der Waals surface area (Å²) in [5, 5.41) is 46.9. The lowest BCUT2D eigenvalue weighted by Crippen LogP contribution is -2.20. The monoisotopic (exact) mass is 438 g/mol. The maximum absolute atomic E-state index is 10.3. The molecule has 0 saturated heterocycles. The minimum Gasteiger partial charge on any atom is -0.491 e. The quantitative estimate of drug-likeness (QED) is 0.342. The Balaban J connectivity index is 1.62. The van der Waals surface area contributed by atoms with Crippen molar-refractivity contribution in [1.29, 1.82) is 0 Å². The van der Waals surface area contributed by atoms with E-state index < -0.39 is 12.2 Å². The highest BCUT2D eigenvalue weighted by molar-refractivity contribution is 5.21. The molecule has 0 amide bonds. The molecular weight excluding hydrogens is 400 g/mol. The Hall–Kier alpha value is -2.06. The average Bonchev–Trinajstić information content (AvgIpc) is 3.26. The van der Waals surface area contributed by atoms with Crippen molar-refractivity contribution in [2.75, 3.05) is 0 Å². The molecule has 2 rings (SSSR count). The molecule has 2 unspecified atom stereocenters. The maximum atomic E-state index is 10.3. The van der Waals surface area contributed by atoms with Crippen molar-refractivity contribution in [3.8, 4) is 11.8 Å². The number of hydrogen-bond donors (Lipinski definition) is 4. The second kappa shape index (κ2) is 11.0. The highest BCUT2D eigenvalue weighted by atomic mass is 16.5. The van der Waals surface area contributed by atoms with Crippen LogP contribution in [0.3, 0.4) is 0 Å². The molecule has 0 aromatic carbocycles. The van der Waals surface area contributed by atoms with E-state index in [0.29, 0.717) is 49.7 Å². The van der Waals surface area contributed by atoms with Gasteiger partial charge in [0, 0.05) is 0 Å². The smallest absolute Gasteiger partial charge is 0.254 e. The molecule has 0 aliphatic heterocycles. The Morgan fingerprint density at radius 1 is 0.742 bits per heavy atom. The molecule has 0 fully saturated rings. The van der Waals surface area contributed by atoms with Crippen molar-refractivity contribution in [2.24, 2.45) is 10.8 Å². The second-order valence-electron chi connectivity index (χ2n) is 10.3. The lowest BCUT2D eigenvalue weighted by Gasteiger charge is -2.26. The predicted octanol–water partition coefficient (Wildman–Crippen LogP) is 4.36. The first-order valence-corrected chi connectivity index (χ1v) is 11.1. The van der Waals surface area contributed by atoms with Gasteiger partial charge in [0.15, 0.2) is 0 Å². The van der Waals surface area contributed by atoms with Crippen molar-refractivity contribution in [1.82, 2.24) is 10.3 Å². The lowest BCUT2D eigenvalue weighted by molar-refractivity contribution is 0.106. The van der Waals surface area contributed by atoms with Crippen LogP contribution < -0.4 is 0 Å². The summed E-state index contributed by atoms with van der Waals surface area (Å²) in [6.07, 6.45) is 8.43. The van der Waals surface area contributed by atoms with E-state index in [-0.39, 0.29) is 22.6 Å². The van der Waals surface area contributed by atoms with Crippen LogP contribution in [0.1, 0.15) is 83.8 Å². The van der Waals surface area contributed by atoms with Gasteiger partial charge in [0.25, 0.3) is 11.8 Å². The molecule has 0 bridgehead atoms. The lowest BCUT2D eigenvalue weighted by atomic mass is 9.80. The van der Waals surface area contributed by atoms with Gasteiger partial charge in [-0.05, 0) is 78.9 Å². The topological polar surface area (TPSA) is 133 Å². The van der Waals surface area contributed by atoms with E-state index in [1.807, 2.05) is 0 Å². The first kappa shape index (κ1) is 25.2. The molecule has 2 aromatic rings. The van der Waals surface area contributed by atoms with Gasteiger partial charge in [-0.25, -0.2) is 0 Å². The zero-order valence-electron chi connectivity index (χ0n) is 19.2. The van der Waals surface area contributed by atoms with E-state index in [9.17, 15) is 20.4 Å².